The van der Waals surface area contributed by atoms with Crippen LogP contribution in [0.1, 0.15) is 47.7 Å². The van der Waals surface area contributed by atoms with Crippen molar-refractivity contribution in [3.8, 4) is 17.1 Å². The van der Waals surface area contributed by atoms with E-state index in [9.17, 15) is 14.0 Å². The Morgan fingerprint density at radius 3 is 2.55 bits per heavy atom. The van der Waals surface area contributed by atoms with Crippen molar-refractivity contribution < 1.29 is 18.7 Å². The van der Waals surface area contributed by atoms with E-state index in [4.69, 9.17) is 9.73 Å². The van der Waals surface area contributed by atoms with Gasteiger partial charge in [-0.05, 0) is 37.5 Å². The normalized spacial score (nSPS) is 18.2. The SMILES string of the molecule is CC[C@@H]1CCCn2nc(-c3ccccc3F)c(C(=O)N[C@H]3N=C(c4ccccc4)c4ccccc4NC3=O)c2O1. The van der Waals surface area contributed by atoms with Gasteiger partial charge in [0.05, 0.1) is 11.4 Å². The maximum absolute atomic E-state index is 15.0. The first kappa shape index (κ1) is 25.5. The number of amides is 2. The van der Waals surface area contributed by atoms with Gasteiger partial charge in [0.15, 0.2) is 0 Å². The number of carbonyl (C=O) groups is 2. The molecule has 0 unspecified atom stereocenters. The van der Waals surface area contributed by atoms with Gasteiger partial charge in [-0.2, -0.15) is 5.10 Å². The third kappa shape index (κ3) is 4.75. The van der Waals surface area contributed by atoms with Crippen molar-refractivity contribution in [3.63, 3.8) is 0 Å². The van der Waals surface area contributed by atoms with Crippen LogP contribution in [0.3, 0.4) is 0 Å². The number of rotatable bonds is 5. The third-order valence-corrected chi connectivity index (χ3v) is 7.15. The van der Waals surface area contributed by atoms with Crippen molar-refractivity contribution in [1.82, 2.24) is 15.1 Å². The monoisotopic (exact) mass is 537 g/mol. The van der Waals surface area contributed by atoms with Crippen molar-refractivity contribution >= 4 is 23.2 Å². The second-order valence-corrected chi connectivity index (χ2v) is 9.78. The van der Waals surface area contributed by atoms with E-state index in [1.165, 1.54) is 6.07 Å². The minimum atomic E-state index is -1.26. The lowest BCUT2D eigenvalue weighted by Crippen LogP contribution is -2.42. The van der Waals surface area contributed by atoms with Crippen LogP contribution in [-0.4, -0.2) is 39.6 Å². The second kappa shape index (κ2) is 10.8. The molecule has 3 heterocycles. The molecule has 2 N–H and O–H groups in total. The number of aliphatic imine (C=N–C) groups is 1. The summed E-state index contributed by atoms with van der Waals surface area (Å²) in [4.78, 5) is 32.1. The predicted molar refractivity (Wildman–Crippen MR) is 150 cm³/mol. The zero-order chi connectivity index (χ0) is 27.6. The molecule has 3 aromatic carbocycles. The molecule has 8 nitrogen and oxygen atoms in total. The Balaban J connectivity index is 1.44. The molecule has 0 aliphatic carbocycles. The Kier molecular flexibility index (Phi) is 6.86. The minimum Gasteiger partial charge on any atom is -0.474 e. The molecule has 9 heteroatoms. The molecule has 202 valence electrons. The minimum absolute atomic E-state index is 0.0801. The molecule has 0 fully saturated rings. The van der Waals surface area contributed by atoms with Gasteiger partial charge >= 0.3 is 0 Å². The summed E-state index contributed by atoms with van der Waals surface area (Å²) < 4.78 is 22.8. The number of nitrogens with one attached hydrogen (secondary N) is 2. The van der Waals surface area contributed by atoms with Gasteiger partial charge in [-0.15, -0.1) is 0 Å². The van der Waals surface area contributed by atoms with Crippen LogP contribution in [0, 0.1) is 5.82 Å². The van der Waals surface area contributed by atoms with Crippen molar-refractivity contribution in [2.75, 3.05) is 5.32 Å². The lowest BCUT2D eigenvalue weighted by Gasteiger charge is -2.17. The lowest BCUT2D eigenvalue weighted by molar-refractivity contribution is -0.117. The highest BCUT2D eigenvalue weighted by Crippen LogP contribution is 2.35. The third-order valence-electron chi connectivity index (χ3n) is 7.15. The van der Waals surface area contributed by atoms with E-state index in [1.54, 1.807) is 28.9 Å². The number of hydrogen-bond donors (Lipinski definition) is 2. The molecule has 0 bridgehead atoms. The standard InChI is InChI=1S/C31H28FN5O3/c1-2-20-13-10-18-37-31(40-20)25(27(36-37)21-14-6-8-16-23(21)32)29(38)35-28-30(39)33-24-17-9-7-15-22(24)26(34-28)19-11-4-3-5-12-19/h3-9,11-12,14-17,20,28H,2,10,13,18H2,1H3,(H,33,39)(H,35,38)/t20-,28-/m1/s1. The summed E-state index contributed by atoms with van der Waals surface area (Å²) in [5, 5.41) is 10.3. The molecule has 4 aromatic rings. The van der Waals surface area contributed by atoms with Crippen molar-refractivity contribution in [2.45, 2.75) is 45.0 Å². The van der Waals surface area contributed by atoms with Crippen molar-refractivity contribution in [1.29, 1.82) is 0 Å². The summed E-state index contributed by atoms with van der Waals surface area (Å²) in [6.07, 6.45) is 0.987. The average molecular weight is 538 g/mol. The smallest absolute Gasteiger partial charge is 0.269 e. The first-order valence-electron chi connectivity index (χ1n) is 13.4. The van der Waals surface area contributed by atoms with Crippen LogP contribution in [0.5, 0.6) is 5.88 Å². The van der Waals surface area contributed by atoms with Gasteiger partial charge in [-0.3, -0.25) is 9.59 Å². The van der Waals surface area contributed by atoms with E-state index >= 15 is 0 Å². The number of benzene rings is 3. The van der Waals surface area contributed by atoms with E-state index in [1.807, 2.05) is 55.5 Å². The first-order valence-corrected chi connectivity index (χ1v) is 13.4. The highest BCUT2D eigenvalue weighted by Gasteiger charge is 2.34. The number of hydrogen-bond acceptors (Lipinski definition) is 5. The number of anilines is 1. The Hall–Kier alpha value is -4.79. The average Bonchev–Trinajstić information content (AvgIpc) is 3.10. The number of fused-ring (bicyclic) bond motifs is 2. The topological polar surface area (TPSA) is 97.6 Å². The summed E-state index contributed by atoms with van der Waals surface area (Å²) in [7, 11) is 0. The maximum Gasteiger partial charge on any atom is 0.269 e. The number of nitrogens with zero attached hydrogens (tertiary/aromatic N) is 3. The van der Waals surface area contributed by atoms with E-state index in [2.05, 4.69) is 15.7 Å². The fourth-order valence-corrected chi connectivity index (χ4v) is 5.11. The van der Waals surface area contributed by atoms with Crippen LogP contribution in [0.2, 0.25) is 0 Å². The van der Waals surface area contributed by atoms with Gasteiger partial charge in [-0.1, -0.05) is 67.6 Å². The van der Waals surface area contributed by atoms with E-state index in [0.29, 0.717) is 17.9 Å². The van der Waals surface area contributed by atoms with Gasteiger partial charge in [0, 0.05) is 23.2 Å². The van der Waals surface area contributed by atoms with E-state index < -0.39 is 23.8 Å². The summed E-state index contributed by atoms with van der Waals surface area (Å²) in [5.74, 6) is -1.36. The van der Waals surface area contributed by atoms with Gasteiger partial charge in [0.25, 0.3) is 11.8 Å². The van der Waals surface area contributed by atoms with Crippen LogP contribution >= 0.6 is 0 Å². The molecule has 2 aliphatic rings. The molecule has 2 aliphatic heterocycles. The molecular formula is C31H28FN5O3. The molecule has 0 spiro atoms. The summed E-state index contributed by atoms with van der Waals surface area (Å²) in [6, 6.07) is 23.0. The number of benzodiazepines with no additional fused rings is 1. The molecular weight excluding hydrogens is 509 g/mol. The number of para-hydroxylation sites is 1. The molecule has 6 rings (SSSR count). The van der Waals surface area contributed by atoms with Crippen molar-refractivity contribution in [2.24, 2.45) is 4.99 Å². The zero-order valence-electron chi connectivity index (χ0n) is 21.9. The van der Waals surface area contributed by atoms with Crippen LogP contribution in [-0.2, 0) is 11.3 Å². The second-order valence-electron chi connectivity index (χ2n) is 9.78. The maximum atomic E-state index is 15.0. The summed E-state index contributed by atoms with van der Waals surface area (Å²) in [5.41, 5.74) is 3.10. The molecule has 0 saturated heterocycles. The number of aryl methyl sites for hydroxylation is 1. The van der Waals surface area contributed by atoms with E-state index in [-0.39, 0.29) is 28.8 Å². The molecule has 2 atom stereocenters. The van der Waals surface area contributed by atoms with Crippen LogP contribution < -0.4 is 15.4 Å². The largest absolute Gasteiger partial charge is 0.474 e. The Bertz CT molecular complexity index is 1610. The van der Waals surface area contributed by atoms with Gasteiger partial charge in [0.1, 0.15) is 23.2 Å². The molecule has 40 heavy (non-hydrogen) atoms. The molecule has 1 aromatic heterocycles. The number of aromatic nitrogens is 2. The molecule has 0 saturated carbocycles. The fourth-order valence-electron chi connectivity index (χ4n) is 5.11. The zero-order valence-corrected chi connectivity index (χ0v) is 21.9. The lowest BCUT2D eigenvalue weighted by atomic mass is 10.0. The highest BCUT2D eigenvalue weighted by atomic mass is 19.1. The summed E-state index contributed by atoms with van der Waals surface area (Å²) in [6.45, 7) is 2.54. The first-order chi connectivity index (χ1) is 19.5. The van der Waals surface area contributed by atoms with Crippen LogP contribution in [0.4, 0.5) is 10.1 Å². The Labute approximate surface area is 230 Å². The van der Waals surface area contributed by atoms with E-state index in [0.717, 1.165) is 30.4 Å². The molecule has 2 amide bonds. The quantitative estimate of drug-likeness (QED) is 0.366. The number of carbonyl (C=O) groups excluding carboxylic acids is 2. The van der Waals surface area contributed by atoms with Gasteiger partial charge < -0.3 is 15.4 Å². The van der Waals surface area contributed by atoms with Crippen molar-refractivity contribution in [3.05, 3.63) is 101 Å². The Morgan fingerprint density at radius 1 is 1.05 bits per heavy atom. The summed E-state index contributed by atoms with van der Waals surface area (Å²) >= 11 is 0. The van der Waals surface area contributed by atoms with Crippen LogP contribution in [0.25, 0.3) is 11.3 Å². The number of halogens is 1. The predicted octanol–water partition coefficient (Wildman–Crippen LogP) is 5.19. The fraction of sp³-hybridized carbons (Fsp3) is 0.226. The molecule has 0 radical (unpaired) electrons. The number of ether oxygens (including phenoxy) is 1. The Morgan fingerprint density at radius 2 is 1.77 bits per heavy atom. The van der Waals surface area contributed by atoms with Crippen LogP contribution in [0.15, 0.2) is 83.9 Å². The van der Waals surface area contributed by atoms with Gasteiger partial charge in [-0.25, -0.2) is 14.1 Å². The highest BCUT2D eigenvalue weighted by molar-refractivity contribution is 6.20. The van der Waals surface area contributed by atoms with Gasteiger partial charge in [0.2, 0.25) is 12.0 Å².